The molecule has 18 heteroatoms. The average molecular weight is 938 g/mol. The molecule has 0 aromatic heterocycles. The molecule has 3 heterocycles. The van der Waals surface area contributed by atoms with Gasteiger partial charge in [0.1, 0.15) is 18.1 Å². The molecule has 19 atom stereocenters. The van der Waals surface area contributed by atoms with Crippen molar-refractivity contribution in [2.45, 2.75) is 177 Å². The van der Waals surface area contributed by atoms with Gasteiger partial charge in [-0.1, -0.05) is 98.9 Å². The molecule has 66 heavy (non-hydrogen) atoms. The van der Waals surface area contributed by atoms with Crippen molar-refractivity contribution in [3.8, 4) is 0 Å². The fraction of sp³-hybridized carbons (Fsp3) is 0.667. The maximum atomic E-state index is 12.6. The number of carbonyl (C=O) groups excluding carboxylic acids is 1. The molecule has 0 aromatic rings. The summed E-state index contributed by atoms with van der Waals surface area (Å²) in [6, 6.07) is -1.13. The van der Waals surface area contributed by atoms with E-state index in [9.17, 15) is 60.7 Å². The quantitative estimate of drug-likeness (QED) is 0.177. The predicted octanol–water partition coefficient (Wildman–Crippen LogP) is 1.37. The highest BCUT2D eigenvalue weighted by atomic mass is 16.7. The van der Waals surface area contributed by atoms with Crippen molar-refractivity contribution in [3.05, 3.63) is 85.1 Å². The molecule has 3 aliphatic heterocycles. The molecule has 0 spiro atoms. The van der Waals surface area contributed by atoms with E-state index in [0.717, 1.165) is 0 Å². The van der Waals surface area contributed by atoms with Crippen LogP contribution in [0.25, 0.3) is 0 Å². The molecule has 2 saturated heterocycles. The van der Waals surface area contributed by atoms with E-state index < -0.39 is 141 Å². The van der Waals surface area contributed by atoms with Crippen LogP contribution in [-0.2, 0) is 33.3 Å². The summed E-state index contributed by atoms with van der Waals surface area (Å²) < 4.78 is 29.3. The van der Waals surface area contributed by atoms with Crippen molar-refractivity contribution < 1.29 is 84.3 Å². The smallest absolute Gasteiger partial charge is 0.311 e. The van der Waals surface area contributed by atoms with Crippen LogP contribution in [0.3, 0.4) is 0 Å². The van der Waals surface area contributed by atoms with Gasteiger partial charge in [-0.05, 0) is 33.1 Å². The number of methoxy groups -OCH3 is 1. The second kappa shape index (κ2) is 28.1. The molecule has 2 fully saturated rings. The third kappa shape index (κ3) is 18.2. The van der Waals surface area contributed by atoms with Gasteiger partial charge in [-0.3, -0.25) is 9.59 Å². The third-order valence-electron chi connectivity index (χ3n) is 12.4. The van der Waals surface area contributed by atoms with Crippen LogP contribution in [0, 0.1) is 17.8 Å². The molecule has 374 valence electrons. The van der Waals surface area contributed by atoms with E-state index in [1.54, 1.807) is 75.5 Å². The molecule has 18 nitrogen and oxygen atoms in total. The summed E-state index contributed by atoms with van der Waals surface area (Å²) in [5.41, 5.74) is 6.05. The van der Waals surface area contributed by atoms with Crippen LogP contribution in [0.1, 0.15) is 79.1 Å². The number of carbonyl (C=O) groups is 2. The molecule has 0 aromatic carbocycles. The number of hydrogen-bond acceptors (Lipinski definition) is 17. The van der Waals surface area contributed by atoms with Crippen LogP contribution < -0.4 is 5.73 Å². The van der Waals surface area contributed by atoms with Gasteiger partial charge in [-0.15, -0.1) is 0 Å². The SMILES string of the molecule is CO[C@]12C[C@@H](O)C[C@@H](O)[C@H](O)CC[C@@H](O)C[C@@H](O)CC(=O)OC(C)C(C)[C@H](O)C(C)\C=C/C=C/C=C/C=C/C=C/C=C/C=C/[C@H](O[C@@H]3O[C@H](C)[C@@H](O)[C@H](N)[C@@H]3O)C[C@H](O1)C(C(=O)O)[C@@H](O)C2. The fourth-order valence-electron chi connectivity index (χ4n) is 8.16. The van der Waals surface area contributed by atoms with Gasteiger partial charge in [-0.2, -0.15) is 0 Å². The number of aliphatic hydroxyl groups is 9. The van der Waals surface area contributed by atoms with Crippen LogP contribution in [0.15, 0.2) is 85.1 Å². The zero-order chi connectivity index (χ0) is 49.1. The number of aliphatic hydroxyl groups excluding tert-OH is 9. The monoisotopic (exact) mass is 938 g/mol. The van der Waals surface area contributed by atoms with Crippen LogP contribution >= 0.6 is 0 Å². The molecular weight excluding hydrogens is 863 g/mol. The minimum Gasteiger partial charge on any atom is -0.481 e. The molecular formula is C48H75NO17. The highest BCUT2D eigenvalue weighted by Gasteiger charge is 2.52. The number of allylic oxidation sites excluding steroid dienone is 12. The number of aliphatic carboxylic acids is 1. The first-order chi connectivity index (χ1) is 31.2. The number of hydrogen-bond donors (Lipinski definition) is 11. The molecule has 4 unspecified atom stereocenters. The van der Waals surface area contributed by atoms with Gasteiger partial charge in [0.25, 0.3) is 0 Å². The Bertz CT molecular complexity index is 1680. The highest BCUT2D eigenvalue weighted by molar-refractivity contribution is 5.71. The summed E-state index contributed by atoms with van der Waals surface area (Å²) >= 11 is 0. The van der Waals surface area contributed by atoms with Gasteiger partial charge in [0.05, 0.1) is 79.6 Å². The Morgan fingerprint density at radius 2 is 1.24 bits per heavy atom. The minimum atomic E-state index is -1.78. The Morgan fingerprint density at radius 3 is 1.82 bits per heavy atom. The molecule has 3 aliphatic rings. The molecule has 0 saturated carbocycles. The van der Waals surface area contributed by atoms with Gasteiger partial charge in [-0.25, -0.2) is 0 Å². The number of esters is 1. The summed E-state index contributed by atoms with van der Waals surface area (Å²) in [4.78, 5) is 25.2. The Morgan fingerprint density at radius 1 is 0.667 bits per heavy atom. The van der Waals surface area contributed by atoms with Gasteiger partial charge in [0.15, 0.2) is 12.1 Å². The largest absolute Gasteiger partial charge is 0.481 e. The van der Waals surface area contributed by atoms with E-state index in [2.05, 4.69) is 0 Å². The standard InChI is InChI=1S/C48H75NO17/c1-28-18-16-14-12-10-8-6-7-9-11-13-15-17-19-35(65-47-45(59)42(49)44(58)31(4)64-47)25-39-41(46(60)61)38(55)27-48(62-5,66-39)26-34(52)23-37(54)36(53)21-20-32(50)22-33(51)24-40(56)63-30(3)29(2)43(28)57/h6-19,28-39,41-45,47,50-55,57-59H,20-27,49H2,1-5H3,(H,60,61)/b7-6+,10-8+,11-9+,14-12+,15-13+,18-16-,19-17+/t28?,29?,30?,31-,32-,33-,34+,35+,36-,37-,38+,39+,41?,42+,43-,44-,45+,47+,48-/m1/s1. The number of fused-ring (bicyclic) bond motifs is 2. The van der Waals surface area contributed by atoms with Crippen molar-refractivity contribution in [2.24, 2.45) is 23.5 Å². The number of cyclic esters (lactones) is 1. The van der Waals surface area contributed by atoms with Gasteiger partial charge in [0.2, 0.25) is 0 Å². The van der Waals surface area contributed by atoms with Crippen LogP contribution in [-0.4, -0.2) is 168 Å². The summed E-state index contributed by atoms with van der Waals surface area (Å²) in [5, 5.41) is 108. The number of nitrogens with two attached hydrogens (primary N) is 1. The zero-order valence-electron chi connectivity index (χ0n) is 38.5. The maximum absolute atomic E-state index is 12.6. The van der Waals surface area contributed by atoms with E-state index >= 15 is 0 Å². The molecule has 0 aliphatic carbocycles. The lowest BCUT2D eigenvalue weighted by Gasteiger charge is -2.47. The normalized spacial score (nSPS) is 45.0. The lowest BCUT2D eigenvalue weighted by molar-refractivity contribution is -0.317. The van der Waals surface area contributed by atoms with Crippen molar-refractivity contribution in [1.82, 2.24) is 0 Å². The van der Waals surface area contributed by atoms with Crippen molar-refractivity contribution >= 4 is 11.9 Å². The summed E-state index contributed by atoms with van der Waals surface area (Å²) in [6.07, 6.45) is 5.15. The van der Waals surface area contributed by atoms with E-state index in [1.807, 2.05) is 37.3 Å². The number of carboxylic acids is 1. The van der Waals surface area contributed by atoms with Gasteiger partial charge < -0.3 is 80.5 Å². The van der Waals surface area contributed by atoms with Crippen LogP contribution in [0.5, 0.6) is 0 Å². The molecule has 3 rings (SSSR count). The Balaban J connectivity index is 1.89. The van der Waals surface area contributed by atoms with Crippen LogP contribution in [0.2, 0.25) is 0 Å². The second-order valence-corrected chi connectivity index (χ2v) is 17.7. The Kier molecular flexibility index (Phi) is 24.3. The first-order valence-electron chi connectivity index (χ1n) is 22.7. The molecule has 0 radical (unpaired) electrons. The van der Waals surface area contributed by atoms with E-state index in [4.69, 9.17) is 29.4 Å². The van der Waals surface area contributed by atoms with Crippen molar-refractivity contribution in [1.29, 1.82) is 0 Å². The van der Waals surface area contributed by atoms with Gasteiger partial charge >= 0.3 is 11.9 Å². The summed E-state index contributed by atoms with van der Waals surface area (Å²) in [7, 11) is 1.25. The zero-order valence-corrected chi connectivity index (χ0v) is 38.5. The van der Waals surface area contributed by atoms with E-state index in [-0.39, 0.29) is 38.0 Å². The highest BCUT2D eigenvalue weighted by Crippen LogP contribution is 2.40. The number of ether oxygens (including phenoxy) is 5. The average Bonchev–Trinajstić information content (AvgIpc) is 3.24. The summed E-state index contributed by atoms with van der Waals surface area (Å²) in [6.45, 7) is 6.79. The first kappa shape index (κ1) is 56.9. The van der Waals surface area contributed by atoms with Crippen molar-refractivity contribution in [3.63, 3.8) is 0 Å². The molecule has 0 amide bonds. The number of carboxylic acid groups (broad SMARTS) is 1. The summed E-state index contributed by atoms with van der Waals surface area (Å²) in [5.74, 6) is -6.12. The predicted molar refractivity (Wildman–Crippen MR) is 242 cm³/mol. The van der Waals surface area contributed by atoms with Crippen molar-refractivity contribution in [2.75, 3.05) is 7.11 Å². The maximum Gasteiger partial charge on any atom is 0.311 e. The Hall–Kier alpha value is -3.44. The third-order valence-corrected chi connectivity index (χ3v) is 12.4. The first-order valence-corrected chi connectivity index (χ1v) is 22.7. The topological polar surface area (TPSA) is 309 Å². The molecule has 2 bridgehead atoms. The fourth-order valence-corrected chi connectivity index (χ4v) is 8.16. The minimum absolute atomic E-state index is 0.0813. The Labute approximate surface area is 387 Å². The number of rotatable bonds is 4. The lowest BCUT2D eigenvalue weighted by Crippen LogP contribution is -2.61. The van der Waals surface area contributed by atoms with Gasteiger partial charge in [0, 0.05) is 44.6 Å². The lowest BCUT2D eigenvalue weighted by atomic mass is 9.82. The molecule has 12 N–H and O–H groups in total. The van der Waals surface area contributed by atoms with Crippen LogP contribution in [0.4, 0.5) is 0 Å². The second-order valence-electron chi connectivity index (χ2n) is 17.7. The van der Waals surface area contributed by atoms with E-state index in [0.29, 0.717) is 0 Å². The van der Waals surface area contributed by atoms with E-state index in [1.165, 1.54) is 7.11 Å².